The molecule has 30 heavy (non-hydrogen) atoms. The predicted molar refractivity (Wildman–Crippen MR) is 112 cm³/mol. The van der Waals surface area contributed by atoms with Gasteiger partial charge in [-0.1, -0.05) is 30.3 Å². The third kappa shape index (κ3) is 3.33. The number of carbonyl (C=O) groups excluding carboxylic acids is 2. The van der Waals surface area contributed by atoms with Crippen LogP contribution in [0.25, 0.3) is 0 Å². The van der Waals surface area contributed by atoms with Gasteiger partial charge in [0.15, 0.2) is 0 Å². The van der Waals surface area contributed by atoms with Gasteiger partial charge in [-0.15, -0.1) is 0 Å². The van der Waals surface area contributed by atoms with Crippen LogP contribution in [-0.4, -0.2) is 60.6 Å². The number of morpholine rings is 1. The zero-order valence-corrected chi connectivity index (χ0v) is 16.9. The molecule has 0 saturated carbocycles. The number of rotatable bonds is 3. The minimum Gasteiger partial charge on any atom is -0.364 e. The fourth-order valence-electron chi connectivity index (χ4n) is 4.87. The second-order valence-corrected chi connectivity index (χ2v) is 8.29. The van der Waals surface area contributed by atoms with Crippen LogP contribution in [0.2, 0.25) is 0 Å². The second kappa shape index (κ2) is 7.72. The molecular weight excluding hydrogens is 380 g/mol. The van der Waals surface area contributed by atoms with Gasteiger partial charge >= 0.3 is 0 Å². The van der Waals surface area contributed by atoms with Crippen LogP contribution in [0, 0.1) is 0 Å². The van der Waals surface area contributed by atoms with Gasteiger partial charge < -0.3 is 19.9 Å². The summed E-state index contributed by atoms with van der Waals surface area (Å²) >= 11 is 0. The van der Waals surface area contributed by atoms with Crippen LogP contribution in [0.15, 0.2) is 48.7 Å². The zero-order chi connectivity index (χ0) is 20.6. The highest BCUT2D eigenvalue weighted by atomic mass is 16.5. The van der Waals surface area contributed by atoms with Gasteiger partial charge in [0.25, 0.3) is 5.91 Å². The summed E-state index contributed by atoms with van der Waals surface area (Å²) in [6, 6.07) is 13.8. The molecule has 2 atom stereocenters. The Morgan fingerprint density at radius 3 is 2.63 bits per heavy atom. The first kappa shape index (κ1) is 19.1. The van der Waals surface area contributed by atoms with Crippen LogP contribution < -0.4 is 10.2 Å². The van der Waals surface area contributed by atoms with Crippen molar-refractivity contribution in [1.82, 2.24) is 15.2 Å². The van der Waals surface area contributed by atoms with Crippen molar-refractivity contribution in [3.8, 4) is 0 Å². The summed E-state index contributed by atoms with van der Waals surface area (Å²) in [6.07, 6.45) is 4.39. The Balaban J connectivity index is 1.34. The molecular formula is C23H26N4O3. The van der Waals surface area contributed by atoms with E-state index in [2.05, 4.69) is 27.3 Å². The van der Waals surface area contributed by atoms with Crippen LogP contribution in [0.3, 0.4) is 0 Å². The molecule has 0 aliphatic carbocycles. The van der Waals surface area contributed by atoms with Crippen molar-refractivity contribution < 1.29 is 14.3 Å². The van der Waals surface area contributed by atoms with Crippen LogP contribution in [0.5, 0.6) is 0 Å². The van der Waals surface area contributed by atoms with Crippen molar-refractivity contribution in [2.45, 2.75) is 30.9 Å². The number of hydrogen-bond acceptors (Lipinski definition) is 5. The number of carbonyl (C=O) groups is 2. The number of hydrogen-bond donors (Lipinski definition) is 1. The maximum absolute atomic E-state index is 12.6. The first-order chi connectivity index (χ1) is 14.7. The quantitative estimate of drug-likeness (QED) is 0.843. The number of nitrogens with zero attached hydrogens (tertiary/aromatic N) is 3. The Morgan fingerprint density at radius 2 is 1.90 bits per heavy atom. The minimum atomic E-state index is -0.515. The molecule has 2 amide bonds. The molecule has 3 aliphatic heterocycles. The van der Waals surface area contributed by atoms with Crippen LogP contribution in [0.1, 0.15) is 35.2 Å². The molecule has 156 valence electrons. The highest BCUT2D eigenvalue weighted by Gasteiger charge is 2.49. The van der Waals surface area contributed by atoms with E-state index in [9.17, 15) is 9.59 Å². The lowest BCUT2D eigenvalue weighted by molar-refractivity contribution is -0.146. The number of likely N-dealkylation sites (tertiary alicyclic amines) is 1. The SMILES string of the molecule is O=C1CO[C@@H]2CN(c3ccc(C(=O)N4CCCC4)cn3)CC[C@@]2(c2ccccc2)N1. The Kier molecular flexibility index (Phi) is 4.90. The molecule has 3 fully saturated rings. The van der Waals surface area contributed by atoms with Crippen molar-refractivity contribution in [2.24, 2.45) is 0 Å². The maximum Gasteiger partial charge on any atom is 0.255 e. The van der Waals surface area contributed by atoms with Gasteiger partial charge in [-0.25, -0.2) is 4.98 Å². The smallest absolute Gasteiger partial charge is 0.255 e. The Labute approximate surface area is 176 Å². The average Bonchev–Trinajstić information content (AvgIpc) is 3.34. The van der Waals surface area contributed by atoms with Crippen LogP contribution >= 0.6 is 0 Å². The summed E-state index contributed by atoms with van der Waals surface area (Å²) in [4.78, 5) is 33.4. The van der Waals surface area contributed by atoms with E-state index in [0.717, 1.165) is 50.3 Å². The van der Waals surface area contributed by atoms with Gasteiger partial charge in [0, 0.05) is 32.4 Å². The van der Waals surface area contributed by atoms with Crippen LogP contribution in [0.4, 0.5) is 5.82 Å². The summed E-state index contributed by atoms with van der Waals surface area (Å²) in [5.74, 6) is 0.813. The maximum atomic E-state index is 12.6. The molecule has 1 aromatic carbocycles. The lowest BCUT2D eigenvalue weighted by atomic mass is 9.77. The molecule has 0 unspecified atom stereocenters. The van der Waals surface area contributed by atoms with E-state index < -0.39 is 5.54 Å². The van der Waals surface area contributed by atoms with Gasteiger partial charge in [0.05, 0.1) is 11.1 Å². The Morgan fingerprint density at radius 1 is 1.10 bits per heavy atom. The van der Waals surface area contributed by atoms with Gasteiger partial charge in [0.1, 0.15) is 18.5 Å². The fraction of sp³-hybridized carbons (Fsp3) is 0.435. The van der Waals surface area contributed by atoms with E-state index in [1.807, 2.05) is 35.2 Å². The van der Waals surface area contributed by atoms with Gasteiger partial charge in [-0.3, -0.25) is 9.59 Å². The Bertz CT molecular complexity index is 927. The van der Waals surface area contributed by atoms with Crippen molar-refractivity contribution in [3.63, 3.8) is 0 Å². The van der Waals surface area contributed by atoms with E-state index in [1.54, 1.807) is 6.20 Å². The van der Waals surface area contributed by atoms with E-state index in [-0.39, 0.29) is 24.5 Å². The van der Waals surface area contributed by atoms with E-state index >= 15 is 0 Å². The van der Waals surface area contributed by atoms with E-state index in [4.69, 9.17) is 4.74 Å². The number of anilines is 1. The normalized spacial score (nSPS) is 26.3. The van der Waals surface area contributed by atoms with Crippen LogP contribution in [-0.2, 0) is 15.1 Å². The largest absolute Gasteiger partial charge is 0.364 e. The van der Waals surface area contributed by atoms with Gasteiger partial charge in [-0.05, 0) is 37.0 Å². The second-order valence-electron chi connectivity index (χ2n) is 8.29. The van der Waals surface area contributed by atoms with Gasteiger partial charge in [0.2, 0.25) is 5.91 Å². The molecule has 0 radical (unpaired) electrons. The number of aromatic nitrogens is 1. The van der Waals surface area contributed by atoms with Crippen molar-refractivity contribution in [2.75, 3.05) is 37.7 Å². The number of nitrogens with one attached hydrogen (secondary N) is 1. The van der Waals surface area contributed by atoms with Gasteiger partial charge in [-0.2, -0.15) is 0 Å². The van der Waals surface area contributed by atoms with Crippen molar-refractivity contribution >= 4 is 17.6 Å². The summed E-state index contributed by atoms with van der Waals surface area (Å²) in [5.41, 5.74) is 1.19. The van der Waals surface area contributed by atoms with Crippen molar-refractivity contribution in [1.29, 1.82) is 0 Å². The number of pyridine rings is 1. The highest BCUT2D eigenvalue weighted by molar-refractivity contribution is 5.94. The number of ether oxygens (including phenoxy) is 1. The lowest BCUT2D eigenvalue weighted by Gasteiger charge is -2.50. The molecule has 5 rings (SSSR count). The van der Waals surface area contributed by atoms with Crippen molar-refractivity contribution in [3.05, 3.63) is 59.8 Å². The molecule has 2 aromatic rings. The molecule has 0 spiro atoms. The third-order valence-electron chi connectivity index (χ3n) is 6.49. The average molecular weight is 406 g/mol. The number of amides is 2. The fourth-order valence-corrected chi connectivity index (χ4v) is 4.87. The Hall–Kier alpha value is -2.93. The number of fused-ring (bicyclic) bond motifs is 1. The first-order valence-electron chi connectivity index (χ1n) is 10.6. The first-order valence-corrected chi connectivity index (χ1v) is 10.6. The molecule has 3 aliphatic rings. The molecule has 1 aromatic heterocycles. The molecule has 1 N–H and O–H groups in total. The minimum absolute atomic E-state index is 0.0617. The molecule has 0 bridgehead atoms. The summed E-state index contributed by atoms with van der Waals surface area (Å²) < 4.78 is 5.99. The number of benzene rings is 1. The third-order valence-corrected chi connectivity index (χ3v) is 6.49. The molecule has 7 nitrogen and oxygen atoms in total. The van der Waals surface area contributed by atoms with E-state index in [1.165, 1.54) is 0 Å². The standard InChI is InChI=1S/C23H26N4O3/c28-21-16-30-19-15-27(13-10-23(19,25-21)18-6-2-1-3-7-18)20-9-8-17(14-24-20)22(29)26-11-4-5-12-26/h1-3,6-9,14,19H,4-5,10-13,15-16H2,(H,25,28)/t19-,23+/m1/s1. The number of piperidine rings is 1. The molecule has 3 saturated heterocycles. The molecule has 7 heteroatoms. The molecule has 4 heterocycles. The highest BCUT2D eigenvalue weighted by Crippen LogP contribution is 2.38. The monoisotopic (exact) mass is 406 g/mol. The lowest BCUT2D eigenvalue weighted by Crippen LogP contribution is -2.66. The summed E-state index contributed by atoms with van der Waals surface area (Å²) in [5, 5.41) is 3.21. The summed E-state index contributed by atoms with van der Waals surface area (Å²) in [7, 11) is 0. The topological polar surface area (TPSA) is 74.8 Å². The predicted octanol–water partition coefficient (Wildman–Crippen LogP) is 1.94. The summed E-state index contributed by atoms with van der Waals surface area (Å²) in [6.45, 7) is 3.10. The zero-order valence-electron chi connectivity index (χ0n) is 16.9. The van der Waals surface area contributed by atoms with E-state index in [0.29, 0.717) is 12.1 Å².